The Morgan fingerprint density at radius 3 is 2.65 bits per heavy atom. The van der Waals surface area contributed by atoms with E-state index in [4.69, 9.17) is 10.9 Å². The molecule has 0 aromatic heterocycles. The van der Waals surface area contributed by atoms with Crippen molar-refractivity contribution in [2.45, 2.75) is 53.1 Å². The number of nitrogens with zero attached hydrogens (tertiary/aromatic N) is 1. The van der Waals surface area contributed by atoms with Gasteiger partial charge in [0, 0.05) is 18.2 Å². The van der Waals surface area contributed by atoms with Crippen LogP contribution in [0.3, 0.4) is 0 Å². The van der Waals surface area contributed by atoms with Crippen molar-refractivity contribution in [3.8, 4) is 0 Å². The van der Waals surface area contributed by atoms with Gasteiger partial charge in [-0.15, -0.1) is 0 Å². The molecule has 4 heteroatoms. The second kappa shape index (κ2) is 7.90. The molecule has 4 nitrogen and oxygen atoms in total. The van der Waals surface area contributed by atoms with Gasteiger partial charge in [0.25, 0.3) is 0 Å². The van der Waals surface area contributed by atoms with Crippen LogP contribution in [0.4, 0.5) is 0 Å². The summed E-state index contributed by atoms with van der Waals surface area (Å²) in [7, 11) is 0. The summed E-state index contributed by atoms with van der Waals surface area (Å²) in [4.78, 5) is 0. The molecular formula is C16H27N3O. The van der Waals surface area contributed by atoms with E-state index in [1.807, 2.05) is 25.1 Å². The molecule has 1 rings (SSSR count). The Bertz CT molecular complexity index is 457. The maximum absolute atomic E-state index is 8.68. The Labute approximate surface area is 122 Å². The minimum absolute atomic E-state index is 0.151. The van der Waals surface area contributed by atoms with Gasteiger partial charge in [0.05, 0.1) is 0 Å². The van der Waals surface area contributed by atoms with E-state index in [-0.39, 0.29) is 5.84 Å². The molecule has 0 amide bonds. The zero-order chi connectivity index (χ0) is 15.1. The quantitative estimate of drug-likeness (QED) is 0.310. The third-order valence-electron chi connectivity index (χ3n) is 3.84. The molecule has 1 aromatic carbocycles. The summed E-state index contributed by atoms with van der Waals surface area (Å²) in [6.45, 7) is 9.64. The van der Waals surface area contributed by atoms with Crippen molar-refractivity contribution in [2.75, 3.05) is 0 Å². The van der Waals surface area contributed by atoms with E-state index >= 15 is 0 Å². The molecule has 0 aliphatic carbocycles. The highest BCUT2D eigenvalue weighted by Crippen LogP contribution is 2.13. The first-order valence-corrected chi connectivity index (χ1v) is 7.28. The predicted molar refractivity (Wildman–Crippen MR) is 84.1 cm³/mol. The number of hydrogen-bond donors (Lipinski definition) is 3. The highest BCUT2D eigenvalue weighted by Gasteiger charge is 2.08. The Kier molecular flexibility index (Phi) is 6.52. The Hall–Kier alpha value is -1.55. The van der Waals surface area contributed by atoms with E-state index in [1.54, 1.807) is 0 Å². The average molecular weight is 277 g/mol. The molecule has 0 aliphatic rings. The van der Waals surface area contributed by atoms with Gasteiger partial charge < -0.3 is 16.3 Å². The number of benzene rings is 1. The zero-order valence-electron chi connectivity index (χ0n) is 13.0. The summed E-state index contributed by atoms with van der Waals surface area (Å²) < 4.78 is 0. The van der Waals surface area contributed by atoms with E-state index in [9.17, 15) is 0 Å². The largest absolute Gasteiger partial charge is 0.409 e. The molecule has 0 bridgehead atoms. The maximum atomic E-state index is 8.68. The minimum Gasteiger partial charge on any atom is -0.409 e. The van der Waals surface area contributed by atoms with Crippen molar-refractivity contribution >= 4 is 5.84 Å². The SMILES string of the molecule is CCC(C)CC(C)NCc1ccc(/C(N)=N/O)cc1C. The van der Waals surface area contributed by atoms with Gasteiger partial charge in [0.2, 0.25) is 0 Å². The molecule has 0 saturated heterocycles. The first kappa shape index (κ1) is 16.5. The van der Waals surface area contributed by atoms with Gasteiger partial charge in [-0.25, -0.2) is 0 Å². The molecule has 4 N–H and O–H groups in total. The lowest BCUT2D eigenvalue weighted by molar-refractivity contribution is 0.318. The number of amidine groups is 1. The van der Waals surface area contributed by atoms with Crippen LogP contribution in [-0.2, 0) is 6.54 Å². The van der Waals surface area contributed by atoms with Crippen LogP contribution in [0.1, 0.15) is 50.3 Å². The van der Waals surface area contributed by atoms with Gasteiger partial charge in [-0.3, -0.25) is 0 Å². The van der Waals surface area contributed by atoms with Crippen molar-refractivity contribution < 1.29 is 5.21 Å². The smallest absolute Gasteiger partial charge is 0.170 e. The van der Waals surface area contributed by atoms with E-state index in [1.165, 1.54) is 18.4 Å². The molecule has 0 radical (unpaired) electrons. The normalized spacial score (nSPS) is 15.1. The lowest BCUT2D eigenvalue weighted by Crippen LogP contribution is -2.27. The highest BCUT2D eigenvalue weighted by atomic mass is 16.4. The average Bonchev–Trinajstić information content (AvgIpc) is 2.44. The third-order valence-corrected chi connectivity index (χ3v) is 3.84. The standard InChI is InChI=1S/C16H27N3O/c1-5-11(2)8-13(4)18-10-15-7-6-14(9-12(15)3)16(17)19-20/h6-7,9,11,13,18,20H,5,8,10H2,1-4H3,(H2,17,19). The summed E-state index contributed by atoms with van der Waals surface area (Å²) in [6.07, 6.45) is 2.41. The second-order valence-electron chi connectivity index (χ2n) is 5.66. The molecule has 2 unspecified atom stereocenters. The Morgan fingerprint density at radius 2 is 2.10 bits per heavy atom. The first-order valence-electron chi connectivity index (χ1n) is 7.28. The van der Waals surface area contributed by atoms with Crippen molar-refractivity contribution in [2.24, 2.45) is 16.8 Å². The first-order chi connectivity index (χ1) is 9.47. The van der Waals surface area contributed by atoms with Crippen molar-refractivity contribution in [3.05, 3.63) is 34.9 Å². The van der Waals surface area contributed by atoms with Gasteiger partial charge in [-0.1, -0.05) is 37.6 Å². The lowest BCUT2D eigenvalue weighted by Gasteiger charge is -2.18. The van der Waals surface area contributed by atoms with Crippen LogP contribution < -0.4 is 11.1 Å². The van der Waals surface area contributed by atoms with E-state index in [0.29, 0.717) is 6.04 Å². The number of nitrogens with one attached hydrogen (secondary N) is 1. The van der Waals surface area contributed by atoms with Crippen LogP contribution in [0.5, 0.6) is 0 Å². The highest BCUT2D eigenvalue weighted by molar-refractivity contribution is 5.97. The summed E-state index contributed by atoms with van der Waals surface area (Å²) in [5.41, 5.74) is 8.74. The Balaban J connectivity index is 2.61. The summed E-state index contributed by atoms with van der Waals surface area (Å²) in [5, 5.41) is 15.3. The van der Waals surface area contributed by atoms with Crippen LogP contribution in [-0.4, -0.2) is 17.1 Å². The monoisotopic (exact) mass is 277 g/mol. The maximum Gasteiger partial charge on any atom is 0.170 e. The second-order valence-corrected chi connectivity index (χ2v) is 5.66. The fourth-order valence-corrected chi connectivity index (χ4v) is 2.25. The van der Waals surface area contributed by atoms with E-state index in [2.05, 4.69) is 31.2 Å². The fourth-order valence-electron chi connectivity index (χ4n) is 2.25. The molecule has 0 spiro atoms. The number of aryl methyl sites for hydroxylation is 1. The molecule has 1 aromatic rings. The minimum atomic E-state index is 0.151. The van der Waals surface area contributed by atoms with Gasteiger partial charge in [-0.05, 0) is 43.4 Å². The lowest BCUT2D eigenvalue weighted by atomic mass is 9.99. The van der Waals surface area contributed by atoms with E-state index in [0.717, 1.165) is 23.6 Å². The van der Waals surface area contributed by atoms with Gasteiger partial charge in [-0.2, -0.15) is 0 Å². The zero-order valence-corrected chi connectivity index (χ0v) is 13.0. The van der Waals surface area contributed by atoms with Crippen LogP contribution in [0.15, 0.2) is 23.4 Å². The number of oxime groups is 1. The van der Waals surface area contributed by atoms with Gasteiger partial charge in [0.15, 0.2) is 5.84 Å². The van der Waals surface area contributed by atoms with Crippen LogP contribution in [0, 0.1) is 12.8 Å². The summed E-state index contributed by atoms with van der Waals surface area (Å²) >= 11 is 0. The van der Waals surface area contributed by atoms with Gasteiger partial charge in [0.1, 0.15) is 0 Å². The van der Waals surface area contributed by atoms with Crippen molar-refractivity contribution in [1.29, 1.82) is 0 Å². The topological polar surface area (TPSA) is 70.6 Å². The molecule has 0 aliphatic heterocycles. The van der Waals surface area contributed by atoms with Crippen molar-refractivity contribution in [3.63, 3.8) is 0 Å². The molecule has 20 heavy (non-hydrogen) atoms. The number of nitrogens with two attached hydrogens (primary N) is 1. The number of hydrogen-bond acceptors (Lipinski definition) is 3. The fraction of sp³-hybridized carbons (Fsp3) is 0.562. The third kappa shape index (κ3) is 4.85. The van der Waals surface area contributed by atoms with Crippen LogP contribution >= 0.6 is 0 Å². The van der Waals surface area contributed by atoms with Crippen LogP contribution in [0.25, 0.3) is 0 Å². The Morgan fingerprint density at radius 1 is 1.40 bits per heavy atom. The number of rotatable bonds is 7. The van der Waals surface area contributed by atoms with Crippen LogP contribution in [0.2, 0.25) is 0 Å². The van der Waals surface area contributed by atoms with E-state index < -0.39 is 0 Å². The molecule has 112 valence electrons. The molecule has 0 fully saturated rings. The van der Waals surface area contributed by atoms with Crippen molar-refractivity contribution in [1.82, 2.24) is 5.32 Å². The summed E-state index contributed by atoms with van der Waals surface area (Å²) in [6, 6.07) is 6.38. The van der Waals surface area contributed by atoms with Gasteiger partial charge >= 0.3 is 0 Å². The molecular weight excluding hydrogens is 250 g/mol. The molecule has 2 atom stereocenters. The summed E-state index contributed by atoms with van der Waals surface area (Å²) in [5.74, 6) is 0.902. The molecule has 0 heterocycles. The molecule has 0 saturated carbocycles. The predicted octanol–water partition coefficient (Wildman–Crippen LogP) is 3.00.